The topological polar surface area (TPSA) is 38.3 Å². The number of hydrogen-bond acceptors (Lipinski definition) is 3. The Kier molecular flexibility index (Phi) is 3.65. The van der Waals surface area contributed by atoms with Gasteiger partial charge in [0.1, 0.15) is 5.75 Å². The second kappa shape index (κ2) is 5.75. The zero-order valence-electron chi connectivity index (χ0n) is 10.7. The average Bonchev–Trinajstić information content (AvgIpc) is 2.98. The van der Waals surface area contributed by atoms with Crippen LogP contribution in [-0.4, -0.2) is 12.5 Å². The second-order valence-corrected chi connectivity index (χ2v) is 5.14. The van der Waals surface area contributed by atoms with E-state index in [4.69, 9.17) is 4.74 Å². The highest BCUT2D eigenvalue weighted by atomic mass is 32.1. The number of ether oxygens (including phenoxy) is 1. The molecule has 0 saturated heterocycles. The van der Waals surface area contributed by atoms with Crippen molar-refractivity contribution in [3.8, 4) is 5.75 Å². The number of fused-ring (bicyclic) bond motifs is 1. The van der Waals surface area contributed by atoms with Crippen LogP contribution >= 0.6 is 11.3 Å². The summed E-state index contributed by atoms with van der Waals surface area (Å²) < 4.78 is 5.52. The van der Waals surface area contributed by atoms with Gasteiger partial charge in [-0.1, -0.05) is 30.3 Å². The molecule has 1 heterocycles. The van der Waals surface area contributed by atoms with Gasteiger partial charge in [0.25, 0.3) is 5.91 Å². The maximum Gasteiger partial charge on any atom is 0.262 e. The average molecular weight is 283 g/mol. The Balaban J connectivity index is 1.63. The molecule has 1 amide bonds. The highest BCUT2D eigenvalue weighted by molar-refractivity contribution is 7.08. The Bertz CT molecular complexity index is 722. The fourth-order valence-corrected chi connectivity index (χ4v) is 2.53. The summed E-state index contributed by atoms with van der Waals surface area (Å²) in [6.07, 6.45) is 0. The summed E-state index contributed by atoms with van der Waals surface area (Å²) in [6, 6.07) is 15.7. The standard InChI is InChI=1S/C16H13NO2S/c18-16(17-14-7-8-20-11-14)10-19-15-6-5-12-3-1-2-4-13(12)9-15/h1-9,11H,10H2,(H,17,18). The number of benzene rings is 2. The second-order valence-electron chi connectivity index (χ2n) is 4.36. The minimum Gasteiger partial charge on any atom is -0.484 e. The van der Waals surface area contributed by atoms with Gasteiger partial charge in [-0.15, -0.1) is 0 Å². The van der Waals surface area contributed by atoms with Crippen LogP contribution in [0.5, 0.6) is 5.75 Å². The van der Waals surface area contributed by atoms with Crippen molar-refractivity contribution in [1.29, 1.82) is 0 Å². The smallest absolute Gasteiger partial charge is 0.262 e. The molecule has 0 spiro atoms. The van der Waals surface area contributed by atoms with Crippen molar-refractivity contribution in [1.82, 2.24) is 0 Å². The van der Waals surface area contributed by atoms with Gasteiger partial charge in [0.05, 0.1) is 5.69 Å². The van der Waals surface area contributed by atoms with Crippen LogP contribution in [0, 0.1) is 0 Å². The summed E-state index contributed by atoms with van der Waals surface area (Å²) in [5.74, 6) is 0.542. The number of hydrogen-bond donors (Lipinski definition) is 1. The first kappa shape index (κ1) is 12.7. The van der Waals surface area contributed by atoms with Gasteiger partial charge < -0.3 is 10.1 Å². The highest BCUT2D eigenvalue weighted by Gasteiger charge is 2.04. The van der Waals surface area contributed by atoms with Crippen LogP contribution in [0.15, 0.2) is 59.3 Å². The van der Waals surface area contributed by atoms with E-state index >= 15 is 0 Å². The van der Waals surface area contributed by atoms with Gasteiger partial charge in [-0.05, 0) is 34.4 Å². The normalized spacial score (nSPS) is 10.4. The van der Waals surface area contributed by atoms with Crippen LogP contribution in [0.3, 0.4) is 0 Å². The Morgan fingerprint density at radius 2 is 1.95 bits per heavy atom. The number of thiophene rings is 1. The summed E-state index contributed by atoms with van der Waals surface area (Å²) in [7, 11) is 0. The van der Waals surface area contributed by atoms with Gasteiger partial charge >= 0.3 is 0 Å². The Morgan fingerprint density at radius 3 is 2.75 bits per heavy atom. The molecule has 3 aromatic rings. The van der Waals surface area contributed by atoms with E-state index in [0.29, 0.717) is 5.75 Å². The van der Waals surface area contributed by atoms with Crippen molar-refractivity contribution in [3.63, 3.8) is 0 Å². The molecule has 1 aromatic heterocycles. The van der Waals surface area contributed by atoms with Crippen molar-refractivity contribution >= 4 is 33.7 Å². The van der Waals surface area contributed by atoms with E-state index in [1.165, 1.54) is 0 Å². The zero-order valence-corrected chi connectivity index (χ0v) is 11.5. The maximum atomic E-state index is 11.7. The Hall–Kier alpha value is -2.33. The van der Waals surface area contributed by atoms with E-state index in [1.807, 2.05) is 59.3 Å². The van der Waals surface area contributed by atoms with Gasteiger partial charge in [-0.25, -0.2) is 0 Å². The third-order valence-electron chi connectivity index (χ3n) is 2.90. The molecule has 4 heteroatoms. The molecular formula is C16H13NO2S. The minimum absolute atomic E-state index is 0.00812. The SMILES string of the molecule is O=C(COc1ccc2ccccc2c1)Nc1ccsc1. The number of amides is 1. The molecule has 0 aliphatic heterocycles. The van der Waals surface area contributed by atoms with E-state index in [-0.39, 0.29) is 12.5 Å². The van der Waals surface area contributed by atoms with Crippen LogP contribution in [0.2, 0.25) is 0 Å². The molecule has 0 unspecified atom stereocenters. The summed E-state index contributed by atoms with van der Waals surface area (Å²) in [6.45, 7) is 0.00812. The lowest BCUT2D eigenvalue weighted by atomic mass is 10.1. The third-order valence-corrected chi connectivity index (χ3v) is 3.58. The van der Waals surface area contributed by atoms with Gasteiger partial charge in [-0.2, -0.15) is 11.3 Å². The van der Waals surface area contributed by atoms with E-state index < -0.39 is 0 Å². The molecule has 0 atom stereocenters. The molecule has 3 nitrogen and oxygen atoms in total. The van der Waals surface area contributed by atoms with Crippen LogP contribution in [-0.2, 0) is 4.79 Å². The van der Waals surface area contributed by atoms with Gasteiger partial charge in [-0.3, -0.25) is 4.79 Å². The number of nitrogens with one attached hydrogen (secondary N) is 1. The fourth-order valence-electron chi connectivity index (χ4n) is 1.94. The summed E-state index contributed by atoms with van der Waals surface area (Å²) in [5, 5.41) is 8.83. The van der Waals surface area contributed by atoms with Crippen LogP contribution in [0.4, 0.5) is 5.69 Å². The van der Waals surface area contributed by atoms with Gasteiger partial charge in [0, 0.05) is 5.38 Å². The first-order chi connectivity index (χ1) is 9.81. The molecule has 3 rings (SSSR count). The van der Waals surface area contributed by atoms with E-state index in [9.17, 15) is 4.79 Å². The molecular weight excluding hydrogens is 270 g/mol. The first-order valence-corrected chi connectivity index (χ1v) is 7.19. The first-order valence-electron chi connectivity index (χ1n) is 6.25. The predicted octanol–water partition coefficient (Wildman–Crippen LogP) is 3.92. The van der Waals surface area contributed by atoms with E-state index in [2.05, 4.69) is 5.32 Å². The molecule has 0 bridgehead atoms. The summed E-state index contributed by atoms with van der Waals surface area (Å²) in [5.41, 5.74) is 0.808. The monoisotopic (exact) mass is 283 g/mol. The lowest BCUT2D eigenvalue weighted by molar-refractivity contribution is -0.118. The number of rotatable bonds is 4. The highest BCUT2D eigenvalue weighted by Crippen LogP contribution is 2.20. The van der Waals surface area contributed by atoms with E-state index in [0.717, 1.165) is 16.5 Å². The summed E-state index contributed by atoms with van der Waals surface area (Å²) >= 11 is 1.54. The fraction of sp³-hybridized carbons (Fsp3) is 0.0625. The van der Waals surface area contributed by atoms with Gasteiger partial charge in [0.2, 0.25) is 0 Å². The van der Waals surface area contributed by atoms with Gasteiger partial charge in [0.15, 0.2) is 6.61 Å². The molecule has 0 saturated carbocycles. The molecule has 0 aliphatic rings. The molecule has 20 heavy (non-hydrogen) atoms. The summed E-state index contributed by atoms with van der Waals surface area (Å²) in [4.78, 5) is 11.7. The quantitative estimate of drug-likeness (QED) is 0.788. The van der Waals surface area contributed by atoms with Crippen molar-refractivity contribution in [2.24, 2.45) is 0 Å². The largest absolute Gasteiger partial charge is 0.484 e. The zero-order chi connectivity index (χ0) is 13.8. The van der Waals surface area contributed by atoms with E-state index in [1.54, 1.807) is 11.3 Å². The molecule has 2 aromatic carbocycles. The predicted molar refractivity (Wildman–Crippen MR) is 82.4 cm³/mol. The van der Waals surface area contributed by atoms with Crippen LogP contribution in [0.1, 0.15) is 0 Å². The maximum absolute atomic E-state index is 11.7. The van der Waals surface area contributed by atoms with Crippen LogP contribution < -0.4 is 10.1 Å². The van der Waals surface area contributed by atoms with Crippen molar-refractivity contribution in [3.05, 3.63) is 59.3 Å². The van der Waals surface area contributed by atoms with Crippen molar-refractivity contribution in [2.75, 3.05) is 11.9 Å². The van der Waals surface area contributed by atoms with Crippen LogP contribution in [0.25, 0.3) is 10.8 Å². The number of carbonyl (C=O) groups is 1. The molecule has 0 fully saturated rings. The molecule has 0 aliphatic carbocycles. The third kappa shape index (κ3) is 2.97. The number of carbonyl (C=O) groups excluding carboxylic acids is 1. The minimum atomic E-state index is -0.156. The van der Waals surface area contributed by atoms with Crippen molar-refractivity contribution < 1.29 is 9.53 Å². The lowest BCUT2D eigenvalue weighted by Crippen LogP contribution is -2.19. The molecule has 0 radical (unpaired) electrons. The lowest BCUT2D eigenvalue weighted by Gasteiger charge is -2.07. The molecule has 100 valence electrons. The number of anilines is 1. The molecule has 1 N–H and O–H groups in total. The van der Waals surface area contributed by atoms with Crippen molar-refractivity contribution in [2.45, 2.75) is 0 Å². The Labute approximate surface area is 120 Å². The Morgan fingerprint density at radius 1 is 1.10 bits per heavy atom.